The van der Waals surface area contributed by atoms with Gasteiger partial charge in [0.2, 0.25) is 11.8 Å². The Morgan fingerprint density at radius 1 is 0.975 bits per heavy atom. The molecule has 4 aliphatic heterocycles. The van der Waals surface area contributed by atoms with Gasteiger partial charge < -0.3 is 39.2 Å². The summed E-state index contributed by atoms with van der Waals surface area (Å²) in [5, 5.41) is 9.84. The summed E-state index contributed by atoms with van der Waals surface area (Å²) in [5.41, 5.74) is 2.99. The maximum atomic E-state index is 14.4. The number of nitrogens with zero attached hydrogens (tertiary/aromatic N) is 3. The SMILES string of the molecule is COc1cc2cc(c1Cl)N(C)C(=O)C[C@H](OC(=O)CCc1ccc(/C(C)=N/NC(=O)c3ccc(NC(=O)CCCCCN4C(=O)C=CC4=O)cc3S(=O)(=O)O)cc1)C1(C)OC1C1(C)CC13CC(NC(=O)O3)[C@H](OC)/C=C/C=C(\C)C2. The van der Waals surface area contributed by atoms with Gasteiger partial charge in [0.15, 0.2) is 0 Å². The van der Waals surface area contributed by atoms with Crippen LogP contribution in [0.2, 0.25) is 5.02 Å². The average molecular weight is 1140 g/mol. The number of ether oxygens (including phenoxy) is 5. The zero-order chi connectivity index (χ0) is 57.9. The minimum Gasteiger partial charge on any atom is -0.495 e. The van der Waals surface area contributed by atoms with E-state index in [1.165, 1.54) is 30.2 Å². The number of hydrogen-bond acceptors (Lipinski definition) is 15. The van der Waals surface area contributed by atoms with Gasteiger partial charge in [0, 0.05) is 63.2 Å². The van der Waals surface area contributed by atoms with E-state index in [1.54, 1.807) is 52.3 Å². The first-order valence-corrected chi connectivity index (χ1v) is 28.0. The summed E-state index contributed by atoms with van der Waals surface area (Å²) in [7, 11) is -0.285. The minimum atomic E-state index is -4.95. The molecule has 2 saturated heterocycles. The van der Waals surface area contributed by atoms with Crippen molar-refractivity contribution in [2.75, 3.05) is 38.0 Å². The molecule has 3 fully saturated rings. The van der Waals surface area contributed by atoms with Gasteiger partial charge in [0.25, 0.3) is 27.8 Å². The van der Waals surface area contributed by atoms with Crippen molar-refractivity contribution >= 4 is 80.4 Å². The Morgan fingerprint density at radius 2 is 1.70 bits per heavy atom. The molecule has 7 atom stereocenters. The Kier molecular flexibility index (Phi) is 17.6. The third-order valence-electron chi connectivity index (χ3n) is 15.6. The Labute approximate surface area is 468 Å². The number of benzene rings is 3. The van der Waals surface area contributed by atoms with Crippen molar-refractivity contribution in [3.8, 4) is 5.75 Å². The van der Waals surface area contributed by atoms with Gasteiger partial charge in [-0.2, -0.15) is 13.5 Å². The lowest BCUT2D eigenvalue weighted by atomic mass is 9.84. The molecule has 3 aromatic carbocycles. The Hall–Kier alpha value is -7.24. The molecule has 6 amide bonds. The van der Waals surface area contributed by atoms with Crippen LogP contribution in [0.4, 0.5) is 16.2 Å². The van der Waals surface area contributed by atoms with Crippen molar-refractivity contribution in [1.82, 2.24) is 15.6 Å². The average Bonchev–Trinajstić information content (AvgIpc) is 3.73. The molecule has 5 unspecified atom stereocenters. The van der Waals surface area contributed by atoms with E-state index in [2.05, 4.69) is 21.2 Å². The number of methoxy groups -OCH3 is 2. The Bertz CT molecular complexity index is 3220. The van der Waals surface area contributed by atoms with Gasteiger partial charge in [-0.15, -0.1) is 0 Å². The molecule has 23 heteroatoms. The number of hydrazone groups is 1. The number of amides is 6. The normalized spacial score (nSPS) is 26.7. The molecule has 80 heavy (non-hydrogen) atoms. The van der Waals surface area contributed by atoms with Crippen LogP contribution < -0.4 is 25.7 Å². The number of unbranched alkanes of at least 4 members (excludes halogenated alkanes) is 2. The van der Waals surface area contributed by atoms with Crippen LogP contribution in [0.15, 0.2) is 101 Å². The molecule has 4 heterocycles. The predicted octanol–water partition coefficient (Wildman–Crippen LogP) is 6.95. The largest absolute Gasteiger partial charge is 0.495 e. The first-order chi connectivity index (χ1) is 37.9. The first kappa shape index (κ1) is 58.9. The van der Waals surface area contributed by atoms with Crippen LogP contribution >= 0.6 is 11.6 Å². The number of rotatable bonds is 17. The number of esters is 1. The fourth-order valence-electron chi connectivity index (χ4n) is 10.8. The topological polar surface area (TPSA) is 278 Å². The standard InChI is InChI=1S/C57H65ClN6O15S/c1-33-12-11-13-42(75-6)40-31-57(79-54(71)60-40)32-55(57,3)53-56(4,78-53)45(30-49(68)63(5)41-27-36(26-33)28-43(76-7)51(41)58)77-50(69)24-17-35-15-18-37(19-16-35)34(2)61-62-52(70)39-21-20-38(29-44(39)80(72,73)74)59-46(65)14-9-8-10-25-64-47(66)22-23-48(64)67/h11-13,15-16,18-23,27-29,40,42,45,53H,8-10,14,17,24-26,30-32H2,1-7H3,(H,59,65)(H,60,71)(H,62,70)(H,72,73,74)/b13-11+,33-12+,61-34+/t40?,42-,45+,53?,55?,56?,57?/m1/s1. The summed E-state index contributed by atoms with van der Waals surface area (Å²) in [5.74, 6) is -2.82. The van der Waals surface area contributed by atoms with Crippen LogP contribution in [0.1, 0.15) is 106 Å². The molecule has 0 radical (unpaired) electrons. The lowest BCUT2D eigenvalue weighted by Gasteiger charge is -2.36. The van der Waals surface area contributed by atoms with E-state index in [4.69, 9.17) is 35.3 Å². The molecular weight excluding hydrogens is 1080 g/mol. The van der Waals surface area contributed by atoms with Crippen molar-refractivity contribution < 1.29 is 70.2 Å². The summed E-state index contributed by atoms with van der Waals surface area (Å²) >= 11 is 6.85. The van der Waals surface area contributed by atoms with Gasteiger partial charge in [0.05, 0.1) is 42.6 Å². The van der Waals surface area contributed by atoms with E-state index in [-0.39, 0.29) is 54.8 Å². The number of allylic oxidation sites excluding steroid dienone is 3. The van der Waals surface area contributed by atoms with Crippen LogP contribution in [-0.2, 0) is 65.9 Å². The number of carbonyl (C=O) groups excluding carboxylic acids is 7. The fraction of sp³-hybridized carbons (Fsp3) is 0.439. The second kappa shape index (κ2) is 23.8. The lowest BCUT2D eigenvalue weighted by molar-refractivity contribution is -0.154. The molecular formula is C57H65ClN6O15S. The van der Waals surface area contributed by atoms with Crippen LogP contribution in [-0.4, -0.2) is 129 Å². The second-order valence-electron chi connectivity index (χ2n) is 21.2. The fourth-order valence-corrected chi connectivity index (χ4v) is 11.9. The number of epoxide rings is 1. The molecule has 4 N–H and O–H groups in total. The monoisotopic (exact) mass is 1140 g/mol. The van der Waals surface area contributed by atoms with Gasteiger partial charge in [-0.3, -0.25) is 38.2 Å². The first-order valence-electron chi connectivity index (χ1n) is 26.1. The molecule has 426 valence electrons. The molecule has 1 saturated carbocycles. The predicted molar refractivity (Wildman–Crippen MR) is 294 cm³/mol. The van der Waals surface area contributed by atoms with Crippen molar-refractivity contribution in [3.05, 3.63) is 118 Å². The van der Waals surface area contributed by atoms with Gasteiger partial charge in [-0.25, -0.2) is 10.2 Å². The van der Waals surface area contributed by atoms with Crippen molar-refractivity contribution in [2.45, 2.75) is 132 Å². The second-order valence-corrected chi connectivity index (χ2v) is 23.0. The molecule has 0 aromatic heterocycles. The number of anilines is 2. The van der Waals surface area contributed by atoms with Crippen LogP contribution in [0.3, 0.4) is 0 Å². The quantitative estimate of drug-likeness (QED) is 0.0202. The van der Waals surface area contributed by atoms with Crippen molar-refractivity contribution in [3.63, 3.8) is 0 Å². The number of halogens is 1. The Morgan fingerprint density at radius 3 is 2.39 bits per heavy atom. The summed E-state index contributed by atoms with van der Waals surface area (Å²) in [6, 6.07) is 13.5. The van der Waals surface area contributed by atoms with Crippen molar-refractivity contribution in [1.29, 1.82) is 0 Å². The highest BCUT2D eigenvalue weighted by Gasteiger charge is 2.82. The number of aryl methyl sites for hydroxylation is 1. The zero-order valence-corrected chi connectivity index (χ0v) is 47.0. The molecule has 4 bridgehead atoms. The zero-order valence-electron chi connectivity index (χ0n) is 45.5. The van der Waals surface area contributed by atoms with Gasteiger partial charge >= 0.3 is 12.1 Å². The van der Waals surface area contributed by atoms with Gasteiger partial charge in [-0.05, 0) is 99.9 Å². The number of nitrogens with one attached hydrogen (secondary N) is 3. The number of hydrogen-bond donors (Lipinski definition) is 4. The van der Waals surface area contributed by atoms with Gasteiger partial charge in [-0.1, -0.05) is 73.0 Å². The van der Waals surface area contributed by atoms with Crippen molar-refractivity contribution in [2.24, 2.45) is 10.5 Å². The molecule has 1 spiro atoms. The maximum Gasteiger partial charge on any atom is 0.408 e. The molecule has 3 aromatic rings. The number of alkyl carbamates (subject to hydrolysis) is 1. The Balaban J connectivity index is 0.910. The van der Waals surface area contributed by atoms with E-state index < -0.39 is 91.3 Å². The number of carbonyl (C=O) groups is 7. The van der Waals surface area contributed by atoms with Crippen LogP contribution in [0, 0.1) is 5.41 Å². The van der Waals surface area contributed by atoms with Crippen LogP contribution in [0.5, 0.6) is 5.75 Å². The van der Waals surface area contributed by atoms with Crippen LogP contribution in [0.25, 0.3) is 0 Å². The highest BCUT2D eigenvalue weighted by Crippen LogP contribution is 2.71. The molecule has 5 aliphatic rings. The lowest BCUT2D eigenvalue weighted by Crippen LogP contribution is -2.54. The molecule has 8 rings (SSSR count). The minimum absolute atomic E-state index is 0.0140. The van der Waals surface area contributed by atoms with E-state index >= 15 is 0 Å². The summed E-state index contributed by atoms with van der Waals surface area (Å²) in [4.78, 5) is 92.6. The molecule has 1 aliphatic carbocycles. The molecule has 21 nitrogen and oxygen atoms in total. The highest BCUT2D eigenvalue weighted by molar-refractivity contribution is 7.86. The van der Waals surface area contributed by atoms with Gasteiger partial charge in [0.1, 0.15) is 39.1 Å². The third-order valence-corrected chi connectivity index (χ3v) is 16.8. The van der Waals surface area contributed by atoms with E-state index in [9.17, 15) is 46.5 Å². The summed E-state index contributed by atoms with van der Waals surface area (Å²) < 4.78 is 65.1. The smallest absolute Gasteiger partial charge is 0.408 e. The number of fused-ring (bicyclic) bond motifs is 5. The maximum absolute atomic E-state index is 14.4. The van der Waals surface area contributed by atoms with E-state index in [0.29, 0.717) is 61.2 Å². The highest BCUT2D eigenvalue weighted by atomic mass is 35.5. The number of imide groups is 1. The summed E-state index contributed by atoms with van der Waals surface area (Å²) in [6.45, 7) is 7.57. The third kappa shape index (κ3) is 13.0. The van der Waals surface area contributed by atoms with E-state index in [1.807, 2.05) is 44.2 Å². The summed E-state index contributed by atoms with van der Waals surface area (Å²) in [6.07, 6.45) is 8.17. The van der Waals surface area contributed by atoms with E-state index in [0.717, 1.165) is 33.7 Å².